The zero-order valence-corrected chi connectivity index (χ0v) is 19.6. The topological polar surface area (TPSA) is 127 Å². The predicted molar refractivity (Wildman–Crippen MR) is 128 cm³/mol. The molecule has 0 heterocycles. The first-order valence-electron chi connectivity index (χ1n) is 10.9. The molecule has 2 rings (SSSR count). The SMILES string of the molecule is CCCCNC(=O)C(=O)N/N=C\c1ccc(OCC(=O)Nc2cccc(OC)c2)c(OCC)c1. The van der Waals surface area contributed by atoms with E-state index < -0.39 is 11.8 Å². The van der Waals surface area contributed by atoms with Crippen LogP contribution in [0.5, 0.6) is 17.2 Å². The average molecular weight is 471 g/mol. The number of rotatable bonds is 12. The smallest absolute Gasteiger partial charge is 0.329 e. The summed E-state index contributed by atoms with van der Waals surface area (Å²) in [7, 11) is 1.55. The van der Waals surface area contributed by atoms with E-state index in [1.165, 1.54) is 6.21 Å². The highest BCUT2D eigenvalue weighted by molar-refractivity contribution is 6.35. The van der Waals surface area contributed by atoms with E-state index in [-0.39, 0.29) is 12.5 Å². The molecule has 3 N–H and O–H groups in total. The molecule has 0 spiro atoms. The molecule has 10 heteroatoms. The Hall–Kier alpha value is -4.08. The number of amides is 3. The maximum atomic E-state index is 12.3. The fourth-order valence-corrected chi connectivity index (χ4v) is 2.71. The number of hydrogen-bond donors (Lipinski definition) is 3. The van der Waals surface area contributed by atoms with Crippen LogP contribution in [0.15, 0.2) is 47.6 Å². The monoisotopic (exact) mass is 470 g/mol. The van der Waals surface area contributed by atoms with Gasteiger partial charge in [-0.3, -0.25) is 14.4 Å². The van der Waals surface area contributed by atoms with Gasteiger partial charge < -0.3 is 24.8 Å². The van der Waals surface area contributed by atoms with Gasteiger partial charge in [0.05, 0.1) is 19.9 Å². The van der Waals surface area contributed by atoms with Gasteiger partial charge in [0, 0.05) is 18.3 Å². The standard InChI is InChI=1S/C24H30N4O6/c1-4-6-12-25-23(30)24(31)28-26-15-17-10-11-20(21(13-17)33-5-2)34-16-22(29)27-18-8-7-9-19(14-18)32-3/h7-11,13-15H,4-6,12,16H2,1-3H3,(H,25,30)(H,27,29)(H,28,31)/b26-15-. The van der Waals surface area contributed by atoms with Crippen molar-refractivity contribution in [2.45, 2.75) is 26.7 Å². The molecule has 0 aliphatic rings. The lowest BCUT2D eigenvalue weighted by molar-refractivity contribution is -0.139. The third kappa shape index (κ3) is 8.81. The first-order chi connectivity index (χ1) is 16.5. The van der Waals surface area contributed by atoms with Crippen molar-refractivity contribution >= 4 is 29.6 Å². The van der Waals surface area contributed by atoms with Gasteiger partial charge in [-0.15, -0.1) is 0 Å². The van der Waals surface area contributed by atoms with Crippen LogP contribution in [0, 0.1) is 0 Å². The van der Waals surface area contributed by atoms with Crippen LogP contribution in [0.25, 0.3) is 0 Å². The number of benzene rings is 2. The van der Waals surface area contributed by atoms with Gasteiger partial charge in [0.1, 0.15) is 5.75 Å². The van der Waals surface area contributed by atoms with E-state index in [4.69, 9.17) is 14.2 Å². The largest absolute Gasteiger partial charge is 0.497 e. The predicted octanol–water partition coefficient (Wildman–Crippen LogP) is 2.48. The van der Waals surface area contributed by atoms with Crippen LogP contribution in [0.2, 0.25) is 0 Å². The van der Waals surface area contributed by atoms with Crippen molar-refractivity contribution in [1.82, 2.24) is 10.7 Å². The molecule has 2 aromatic rings. The number of hydrazone groups is 1. The van der Waals surface area contributed by atoms with Crippen LogP contribution in [0.4, 0.5) is 5.69 Å². The Bertz CT molecular complexity index is 1010. The fraction of sp³-hybridized carbons (Fsp3) is 0.333. The highest BCUT2D eigenvalue weighted by Gasteiger charge is 2.12. The summed E-state index contributed by atoms with van der Waals surface area (Å²) in [6, 6.07) is 11.9. The Balaban J connectivity index is 1.93. The van der Waals surface area contributed by atoms with E-state index in [2.05, 4.69) is 21.2 Å². The van der Waals surface area contributed by atoms with Gasteiger partial charge >= 0.3 is 11.8 Å². The van der Waals surface area contributed by atoms with Crippen LogP contribution in [-0.4, -0.2) is 50.8 Å². The summed E-state index contributed by atoms with van der Waals surface area (Å²) < 4.78 is 16.4. The van der Waals surface area contributed by atoms with E-state index >= 15 is 0 Å². The Labute approximate surface area is 198 Å². The third-order valence-electron chi connectivity index (χ3n) is 4.38. The Kier molecular flexibility index (Phi) is 10.9. The molecular formula is C24H30N4O6. The molecule has 0 saturated carbocycles. The summed E-state index contributed by atoms with van der Waals surface area (Å²) in [5, 5.41) is 9.04. The van der Waals surface area contributed by atoms with E-state index in [0.717, 1.165) is 12.8 Å². The molecular weight excluding hydrogens is 440 g/mol. The molecule has 0 atom stereocenters. The lowest BCUT2D eigenvalue weighted by Crippen LogP contribution is -2.38. The van der Waals surface area contributed by atoms with Gasteiger partial charge in [-0.05, 0) is 49.2 Å². The second-order valence-corrected chi connectivity index (χ2v) is 7.02. The van der Waals surface area contributed by atoms with Crippen molar-refractivity contribution in [3.8, 4) is 17.2 Å². The zero-order chi connectivity index (χ0) is 24.8. The van der Waals surface area contributed by atoms with Crippen molar-refractivity contribution < 1.29 is 28.6 Å². The number of nitrogens with zero attached hydrogens (tertiary/aromatic N) is 1. The molecule has 0 bridgehead atoms. The second kappa shape index (κ2) is 14.1. The lowest BCUT2D eigenvalue weighted by Gasteiger charge is -2.13. The van der Waals surface area contributed by atoms with Crippen LogP contribution in [-0.2, 0) is 14.4 Å². The summed E-state index contributed by atoms with van der Waals surface area (Å²) in [6.45, 7) is 4.39. The van der Waals surface area contributed by atoms with Crippen molar-refractivity contribution in [2.75, 3.05) is 32.2 Å². The van der Waals surface area contributed by atoms with Crippen molar-refractivity contribution in [3.05, 3.63) is 48.0 Å². The molecule has 0 fully saturated rings. The second-order valence-electron chi connectivity index (χ2n) is 7.02. The van der Waals surface area contributed by atoms with Crippen LogP contribution in [0.1, 0.15) is 32.3 Å². The molecule has 2 aromatic carbocycles. The number of ether oxygens (including phenoxy) is 3. The first kappa shape index (κ1) is 26.2. The average Bonchev–Trinajstić information content (AvgIpc) is 2.83. The number of hydrogen-bond acceptors (Lipinski definition) is 7. The summed E-state index contributed by atoms with van der Waals surface area (Å²) >= 11 is 0. The van der Waals surface area contributed by atoms with Gasteiger partial charge in [0.2, 0.25) is 0 Å². The molecule has 0 radical (unpaired) electrons. The molecule has 182 valence electrons. The number of nitrogens with one attached hydrogen (secondary N) is 3. The van der Waals surface area contributed by atoms with E-state index in [1.54, 1.807) is 49.6 Å². The number of methoxy groups -OCH3 is 1. The van der Waals surface area contributed by atoms with Crippen molar-refractivity contribution in [2.24, 2.45) is 5.10 Å². The highest BCUT2D eigenvalue weighted by atomic mass is 16.5. The van der Waals surface area contributed by atoms with Crippen LogP contribution < -0.4 is 30.3 Å². The molecule has 0 aliphatic carbocycles. The molecule has 0 aromatic heterocycles. The maximum Gasteiger partial charge on any atom is 0.329 e. The lowest BCUT2D eigenvalue weighted by atomic mass is 10.2. The van der Waals surface area contributed by atoms with E-state index in [1.807, 2.05) is 13.8 Å². The molecule has 10 nitrogen and oxygen atoms in total. The highest BCUT2D eigenvalue weighted by Crippen LogP contribution is 2.28. The quantitative estimate of drug-likeness (QED) is 0.189. The minimum Gasteiger partial charge on any atom is -0.497 e. The Morgan fingerprint density at radius 2 is 1.82 bits per heavy atom. The maximum absolute atomic E-state index is 12.3. The fourth-order valence-electron chi connectivity index (χ4n) is 2.71. The molecule has 0 unspecified atom stereocenters. The van der Waals surface area contributed by atoms with Gasteiger partial charge in [-0.2, -0.15) is 5.10 Å². The van der Waals surface area contributed by atoms with Crippen LogP contribution in [0.3, 0.4) is 0 Å². The summed E-state index contributed by atoms with van der Waals surface area (Å²) in [5.74, 6) is -0.524. The first-order valence-corrected chi connectivity index (χ1v) is 10.9. The summed E-state index contributed by atoms with van der Waals surface area (Å²) in [4.78, 5) is 35.6. The molecule has 0 saturated heterocycles. The normalized spacial score (nSPS) is 10.4. The third-order valence-corrected chi connectivity index (χ3v) is 4.38. The Morgan fingerprint density at radius 1 is 1.00 bits per heavy atom. The van der Waals surface area contributed by atoms with Gasteiger partial charge in [-0.1, -0.05) is 19.4 Å². The summed E-state index contributed by atoms with van der Waals surface area (Å²) in [6.07, 6.45) is 3.08. The van der Waals surface area contributed by atoms with Gasteiger partial charge in [-0.25, -0.2) is 5.43 Å². The number of carbonyl (C=O) groups is 3. The van der Waals surface area contributed by atoms with E-state index in [9.17, 15) is 14.4 Å². The minimum absolute atomic E-state index is 0.228. The van der Waals surface area contributed by atoms with Gasteiger partial charge in [0.15, 0.2) is 18.1 Å². The molecule has 0 aliphatic heterocycles. The number of unbranched alkanes of at least 4 members (excludes halogenated alkanes) is 1. The minimum atomic E-state index is -0.848. The summed E-state index contributed by atoms with van der Waals surface area (Å²) in [5.41, 5.74) is 3.37. The molecule has 34 heavy (non-hydrogen) atoms. The number of anilines is 1. The van der Waals surface area contributed by atoms with Crippen LogP contribution >= 0.6 is 0 Å². The Morgan fingerprint density at radius 3 is 2.56 bits per heavy atom. The van der Waals surface area contributed by atoms with Crippen molar-refractivity contribution in [1.29, 1.82) is 0 Å². The van der Waals surface area contributed by atoms with E-state index in [0.29, 0.717) is 41.7 Å². The number of carbonyl (C=O) groups excluding carboxylic acids is 3. The zero-order valence-electron chi connectivity index (χ0n) is 19.6. The van der Waals surface area contributed by atoms with Crippen molar-refractivity contribution in [3.63, 3.8) is 0 Å². The molecule has 3 amide bonds. The van der Waals surface area contributed by atoms with Gasteiger partial charge in [0.25, 0.3) is 5.91 Å².